The van der Waals surface area contributed by atoms with Crippen LogP contribution < -0.4 is 5.32 Å². The highest BCUT2D eigenvalue weighted by atomic mass is 35.5. The zero-order valence-electron chi connectivity index (χ0n) is 9.67. The molecule has 0 aliphatic heterocycles. The first-order valence-electron chi connectivity index (χ1n) is 5.75. The van der Waals surface area contributed by atoms with E-state index in [2.05, 4.69) is 11.4 Å². The summed E-state index contributed by atoms with van der Waals surface area (Å²) >= 11 is 11.7. The first kappa shape index (κ1) is 13.2. The van der Waals surface area contributed by atoms with Gasteiger partial charge < -0.3 is 5.32 Å². The third-order valence-electron chi connectivity index (χ3n) is 3.20. The molecular weight excluding hydrogens is 271 g/mol. The Balaban J connectivity index is 2.19. The van der Waals surface area contributed by atoms with Crippen LogP contribution >= 0.6 is 23.2 Å². The first-order valence-corrected chi connectivity index (χ1v) is 6.51. The molecule has 0 atom stereocenters. The minimum Gasteiger partial charge on any atom is -0.334 e. The Bertz CT molecular complexity index is 516. The van der Waals surface area contributed by atoms with Crippen LogP contribution in [0.4, 0.5) is 0 Å². The monoisotopic (exact) mass is 282 g/mol. The summed E-state index contributed by atoms with van der Waals surface area (Å²) in [5.41, 5.74) is -0.386. The number of hydrogen-bond donors (Lipinski definition) is 1. The van der Waals surface area contributed by atoms with E-state index in [1.54, 1.807) is 12.1 Å². The van der Waals surface area contributed by atoms with Gasteiger partial charge in [-0.3, -0.25) is 4.79 Å². The molecule has 1 aromatic rings. The summed E-state index contributed by atoms with van der Waals surface area (Å²) < 4.78 is 0. The highest BCUT2D eigenvalue weighted by Crippen LogP contribution is 2.30. The lowest BCUT2D eigenvalue weighted by Gasteiger charge is -2.22. The van der Waals surface area contributed by atoms with Gasteiger partial charge in [0.25, 0.3) is 5.91 Å². The molecular formula is C13H12Cl2N2O. The topological polar surface area (TPSA) is 52.9 Å². The molecule has 0 heterocycles. The second-order valence-electron chi connectivity index (χ2n) is 4.48. The molecule has 1 aromatic carbocycles. The molecule has 5 heteroatoms. The molecule has 0 bridgehead atoms. The van der Waals surface area contributed by atoms with Gasteiger partial charge >= 0.3 is 0 Å². The predicted octanol–water partition coefficient (Wildman–Crippen LogP) is 3.56. The number of carbonyl (C=O) groups is 1. The molecule has 0 saturated heterocycles. The van der Waals surface area contributed by atoms with Crippen molar-refractivity contribution in [2.24, 2.45) is 0 Å². The molecule has 0 spiro atoms. The predicted molar refractivity (Wildman–Crippen MR) is 70.7 cm³/mol. The van der Waals surface area contributed by atoms with Gasteiger partial charge in [0.05, 0.1) is 16.7 Å². The Morgan fingerprint density at radius 2 is 2.00 bits per heavy atom. The lowest BCUT2D eigenvalue weighted by atomic mass is 9.99. The average Bonchev–Trinajstić information content (AvgIpc) is 2.78. The van der Waals surface area contributed by atoms with Crippen molar-refractivity contribution < 1.29 is 4.79 Å². The summed E-state index contributed by atoms with van der Waals surface area (Å²) in [6.07, 6.45) is 3.31. The fourth-order valence-electron chi connectivity index (χ4n) is 2.20. The van der Waals surface area contributed by atoms with Crippen LogP contribution in [-0.2, 0) is 0 Å². The van der Waals surface area contributed by atoms with Gasteiger partial charge in [0.2, 0.25) is 0 Å². The molecule has 1 fully saturated rings. The zero-order chi connectivity index (χ0) is 13.2. The maximum Gasteiger partial charge on any atom is 0.254 e. The molecule has 94 valence electrons. The summed E-state index contributed by atoms with van der Waals surface area (Å²) in [5.74, 6) is -0.319. The summed E-state index contributed by atoms with van der Waals surface area (Å²) in [7, 11) is 0. The highest BCUT2D eigenvalue weighted by molar-refractivity contribution is 6.36. The van der Waals surface area contributed by atoms with Crippen molar-refractivity contribution in [3.63, 3.8) is 0 Å². The van der Waals surface area contributed by atoms with Crippen LogP contribution in [0.15, 0.2) is 18.2 Å². The molecule has 1 amide bonds. The van der Waals surface area contributed by atoms with Crippen molar-refractivity contribution in [2.45, 2.75) is 31.2 Å². The number of hydrogen-bond acceptors (Lipinski definition) is 2. The summed E-state index contributed by atoms with van der Waals surface area (Å²) in [5, 5.41) is 12.8. The number of amides is 1. The van der Waals surface area contributed by atoms with Crippen LogP contribution in [-0.4, -0.2) is 11.4 Å². The van der Waals surface area contributed by atoms with Gasteiger partial charge in [-0.1, -0.05) is 23.2 Å². The van der Waals surface area contributed by atoms with Crippen molar-refractivity contribution >= 4 is 29.1 Å². The van der Waals surface area contributed by atoms with Crippen LogP contribution in [0.3, 0.4) is 0 Å². The summed E-state index contributed by atoms with van der Waals surface area (Å²) in [4.78, 5) is 12.1. The zero-order valence-corrected chi connectivity index (χ0v) is 11.2. The molecule has 3 nitrogen and oxygen atoms in total. The lowest BCUT2D eigenvalue weighted by molar-refractivity contribution is 0.0921. The van der Waals surface area contributed by atoms with Gasteiger partial charge in [-0.2, -0.15) is 5.26 Å². The molecule has 2 rings (SSSR count). The van der Waals surface area contributed by atoms with Crippen molar-refractivity contribution in [2.75, 3.05) is 0 Å². The first-order chi connectivity index (χ1) is 8.56. The Kier molecular flexibility index (Phi) is 3.79. The maximum absolute atomic E-state index is 12.1. The molecule has 18 heavy (non-hydrogen) atoms. The molecule has 0 radical (unpaired) electrons. The van der Waals surface area contributed by atoms with Gasteiger partial charge in [-0.05, 0) is 43.9 Å². The van der Waals surface area contributed by atoms with Crippen LogP contribution in [0.1, 0.15) is 36.0 Å². The van der Waals surface area contributed by atoms with E-state index in [9.17, 15) is 10.1 Å². The third-order valence-corrected chi connectivity index (χ3v) is 3.75. The summed E-state index contributed by atoms with van der Waals surface area (Å²) in [6.45, 7) is 0. The van der Waals surface area contributed by atoms with Gasteiger partial charge in [0.15, 0.2) is 0 Å². The van der Waals surface area contributed by atoms with Gasteiger partial charge in [0.1, 0.15) is 5.54 Å². The maximum atomic E-state index is 12.1. The number of nitrogens with one attached hydrogen (secondary N) is 1. The molecule has 1 aliphatic rings. The number of nitriles is 1. The number of carbonyl (C=O) groups excluding carboxylic acids is 1. The SMILES string of the molecule is N#CC1(NC(=O)c2ccc(Cl)cc2Cl)CCCC1. The fourth-order valence-corrected chi connectivity index (χ4v) is 2.70. The fraction of sp³-hybridized carbons (Fsp3) is 0.385. The van der Waals surface area contributed by atoms with E-state index in [1.807, 2.05) is 0 Å². The Morgan fingerprint density at radius 3 is 2.56 bits per heavy atom. The minimum absolute atomic E-state index is 0.297. The third kappa shape index (κ3) is 2.60. The smallest absolute Gasteiger partial charge is 0.254 e. The lowest BCUT2D eigenvalue weighted by Crippen LogP contribution is -2.45. The van der Waals surface area contributed by atoms with E-state index in [0.717, 1.165) is 12.8 Å². The second kappa shape index (κ2) is 5.17. The molecule has 0 unspecified atom stereocenters. The van der Waals surface area contributed by atoms with Crippen LogP contribution in [0.2, 0.25) is 10.0 Å². The van der Waals surface area contributed by atoms with Gasteiger partial charge in [-0.25, -0.2) is 0 Å². The normalized spacial score (nSPS) is 17.2. The number of nitrogens with zero attached hydrogens (tertiary/aromatic N) is 1. The van der Waals surface area contributed by atoms with Crippen molar-refractivity contribution in [1.82, 2.24) is 5.32 Å². The van der Waals surface area contributed by atoms with Gasteiger partial charge in [-0.15, -0.1) is 0 Å². The number of benzene rings is 1. The second-order valence-corrected chi connectivity index (χ2v) is 5.32. The van der Waals surface area contributed by atoms with Crippen LogP contribution in [0.25, 0.3) is 0 Å². The molecule has 1 N–H and O–H groups in total. The number of halogens is 2. The number of rotatable bonds is 2. The van der Waals surface area contributed by atoms with E-state index >= 15 is 0 Å². The van der Waals surface area contributed by atoms with E-state index in [-0.39, 0.29) is 5.91 Å². The van der Waals surface area contributed by atoms with E-state index in [4.69, 9.17) is 23.2 Å². The Morgan fingerprint density at radius 1 is 1.33 bits per heavy atom. The quantitative estimate of drug-likeness (QED) is 0.902. The van der Waals surface area contributed by atoms with E-state index < -0.39 is 5.54 Å². The van der Waals surface area contributed by atoms with E-state index in [0.29, 0.717) is 28.5 Å². The van der Waals surface area contributed by atoms with Crippen LogP contribution in [0, 0.1) is 11.3 Å². The molecule has 1 aliphatic carbocycles. The summed E-state index contributed by atoms with van der Waals surface area (Å²) in [6, 6.07) is 6.90. The molecule has 0 aromatic heterocycles. The standard InChI is InChI=1S/C13H12Cl2N2O/c14-9-3-4-10(11(15)7-9)12(18)17-13(8-16)5-1-2-6-13/h3-4,7H,1-2,5-6H2,(H,17,18). The minimum atomic E-state index is -0.736. The van der Waals surface area contributed by atoms with E-state index in [1.165, 1.54) is 6.07 Å². The largest absolute Gasteiger partial charge is 0.334 e. The van der Waals surface area contributed by atoms with Crippen molar-refractivity contribution in [3.05, 3.63) is 33.8 Å². The van der Waals surface area contributed by atoms with Crippen molar-refractivity contribution in [1.29, 1.82) is 5.26 Å². The van der Waals surface area contributed by atoms with Crippen molar-refractivity contribution in [3.8, 4) is 6.07 Å². The molecule has 1 saturated carbocycles. The highest BCUT2D eigenvalue weighted by Gasteiger charge is 2.35. The Hall–Kier alpha value is -1.24. The van der Waals surface area contributed by atoms with Gasteiger partial charge in [0, 0.05) is 5.02 Å². The average molecular weight is 283 g/mol. The Labute approximate surface area is 116 Å². The van der Waals surface area contributed by atoms with Crippen LogP contribution in [0.5, 0.6) is 0 Å².